The Morgan fingerprint density at radius 3 is 2.95 bits per heavy atom. The van der Waals surface area contributed by atoms with E-state index in [1.165, 1.54) is 12.8 Å². The Morgan fingerprint density at radius 2 is 2.16 bits per heavy atom. The molecule has 1 aliphatic heterocycles. The van der Waals surface area contributed by atoms with E-state index in [4.69, 9.17) is 15.2 Å². The van der Waals surface area contributed by atoms with Crippen molar-refractivity contribution < 1.29 is 9.47 Å². The van der Waals surface area contributed by atoms with Crippen LogP contribution in [0.5, 0.6) is 0 Å². The topological polar surface area (TPSA) is 44.5 Å². The Kier molecular flexibility index (Phi) is 3.74. The van der Waals surface area contributed by atoms with Crippen LogP contribution in [0.3, 0.4) is 0 Å². The maximum atomic E-state index is 6.12. The lowest BCUT2D eigenvalue weighted by Crippen LogP contribution is -2.27. The molecule has 0 radical (unpaired) electrons. The second-order valence-electron chi connectivity index (χ2n) is 5.47. The van der Waals surface area contributed by atoms with Gasteiger partial charge in [0.05, 0.1) is 12.7 Å². The van der Waals surface area contributed by atoms with E-state index in [1.54, 1.807) is 11.8 Å². The molecule has 4 heteroatoms. The first-order chi connectivity index (χ1) is 9.19. The molecule has 2 N–H and O–H groups in total. The number of hydrogen-bond donors (Lipinski definition) is 1. The van der Waals surface area contributed by atoms with Crippen molar-refractivity contribution in [1.82, 2.24) is 0 Å². The molecule has 0 amide bonds. The molecule has 19 heavy (non-hydrogen) atoms. The van der Waals surface area contributed by atoms with Gasteiger partial charge in [-0.2, -0.15) is 0 Å². The highest BCUT2D eigenvalue weighted by Crippen LogP contribution is 2.40. The second kappa shape index (κ2) is 5.35. The van der Waals surface area contributed by atoms with Crippen molar-refractivity contribution in [1.29, 1.82) is 0 Å². The molecule has 1 atom stereocenters. The van der Waals surface area contributed by atoms with Gasteiger partial charge in [0.2, 0.25) is 0 Å². The summed E-state index contributed by atoms with van der Waals surface area (Å²) in [6.45, 7) is 2.76. The highest BCUT2D eigenvalue weighted by Gasteiger charge is 2.43. The standard InChI is InChI=1S/C15H21NO2S/c1-11-5-4-6-13(14(11)16)19-10-12-9-17-15(18-12)7-2-3-8-15/h4-6,12H,2-3,7-10,16H2,1H3. The van der Waals surface area contributed by atoms with Crippen LogP contribution in [0.15, 0.2) is 23.1 Å². The molecule has 1 aromatic rings. The number of aryl methyl sites for hydroxylation is 1. The Hall–Kier alpha value is -0.710. The minimum Gasteiger partial charge on any atom is -0.398 e. The highest BCUT2D eigenvalue weighted by atomic mass is 32.2. The zero-order valence-electron chi connectivity index (χ0n) is 11.4. The fourth-order valence-electron chi connectivity index (χ4n) is 2.84. The lowest BCUT2D eigenvalue weighted by molar-refractivity contribution is -0.159. The molecule has 104 valence electrons. The summed E-state index contributed by atoms with van der Waals surface area (Å²) < 4.78 is 12.0. The molecule has 2 fully saturated rings. The summed E-state index contributed by atoms with van der Waals surface area (Å²) in [5.41, 5.74) is 8.12. The van der Waals surface area contributed by atoms with Gasteiger partial charge in [0, 0.05) is 29.2 Å². The molecule has 1 aromatic carbocycles. The first-order valence-corrected chi connectivity index (χ1v) is 7.97. The summed E-state index contributed by atoms with van der Waals surface area (Å²) in [4.78, 5) is 1.15. The Labute approximate surface area is 118 Å². The van der Waals surface area contributed by atoms with Crippen LogP contribution in [0.2, 0.25) is 0 Å². The van der Waals surface area contributed by atoms with Gasteiger partial charge in [-0.3, -0.25) is 0 Å². The Bertz CT molecular complexity index is 457. The first-order valence-electron chi connectivity index (χ1n) is 6.98. The van der Waals surface area contributed by atoms with Gasteiger partial charge < -0.3 is 15.2 Å². The lowest BCUT2D eigenvalue weighted by atomic mass is 10.2. The molecule has 1 heterocycles. The number of benzene rings is 1. The molecule has 3 rings (SSSR count). The van der Waals surface area contributed by atoms with Gasteiger partial charge in [0.15, 0.2) is 5.79 Å². The van der Waals surface area contributed by atoms with Gasteiger partial charge in [-0.05, 0) is 31.4 Å². The van der Waals surface area contributed by atoms with Crippen LogP contribution in [0.25, 0.3) is 0 Å². The Balaban J connectivity index is 1.57. The first kappa shape index (κ1) is 13.3. The third kappa shape index (κ3) is 2.76. The van der Waals surface area contributed by atoms with Crippen molar-refractivity contribution in [3.63, 3.8) is 0 Å². The zero-order chi connectivity index (χ0) is 13.3. The Morgan fingerprint density at radius 1 is 1.37 bits per heavy atom. The van der Waals surface area contributed by atoms with Gasteiger partial charge in [-0.1, -0.05) is 12.1 Å². The maximum absolute atomic E-state index is 6.12. The molecular weight excluding hydrogens is 258 g/mol. The third-order valence-corrected chi connectivity index (χ3v) is 5.19. The predicted octanol–water partition coefficient (Wildman–Crippen LogP) is 3.36. The fraction of sp³-hybridized carbons (Fsp3) is 0.600. The van der Waals surface area contributed by atoms with Crippen molar-refractivity contribution in [2.45, 2.75) is 49.4 Å². The van der Waals surface area contributed by atoms with E-state index in [0.717, 1.165) is 41.3 Å². The summed E-state index contributed by atoms with van der Waals surface area (Å²) in [6.07, 6.45) is 4.76. The smallest absolute Gasteiger partial charge is 0.168 e. The molecule has 0 aromatic heterocycles. The van der Waals surface area contributed by atoms with E-state index in [1.807, 2.05) is 13.0 Å². The predicted molar refractivity (Wildman–Crippen MR) is 78.3 cm³/mol. The normalized spacial score (nSPS) is 25.2. The average molecular weight is 279 g/mol. The van der Waals surface area contributed by atoms with Crippen LogP contribution in [-0.4, -0.2) is 24.3 Å². The molecule has 1 spiro atoms. The number of thioether (sulfide) groups is 1. The molecule has 1 saturated carbocycles. The summed E-state index contributed by atoms with van der Waals surface area (Å²) in [5.74, 6) is 0.665. The number of nitrogen functional groups attached to an aromatic ring is 1. The summed E-state index contributed by atoms with van der Waals surface area (Å²) in [5, 5.41) is 0. The summed E-state index contributed by atoms with van der Waals surface area (Å²) in [7, 11) is 0. The monoisotopic (exact) mass is 279 g/mol. The number of anilines is 1. The van der Waals surface area contributed by atoms with Crippen LogP contribution >= 0.6 is 11.8 Å². The second-order valence-corrected chi connectivity index (χ2v) is 6.53. The van der Waals surface area contributed by atoms with Crippen molar-refractivity contribution in [2.24, 2.45) is 0 Å². The van der Waals surface area contributed by atoms with Crippen LogP contribution in [0.4, 0.5) is 5.69 Å². The number of ether oxygens (including phenoxy) is 2. The summed E-state index contributed by atoms with van der Waals surface area (Å²) in [6, 6.07) is 6.18. The molecule has 2 aliphatic rings. The molecule has 1 saturated heterocycles. The fourth-order valence-corrected chi connectivity index (χ4v) is 3.86. The number of nitrogens with two attached hydrogens (primary N) is 1. The molecular formula is C15H21NO2S. The zero-order valence-corrected chi connectivity index (χ0v) is 12.2. The number of rotatable bonds is 3. The molecule has 1 unspecified atom stereocenters. The summed E-state index contributed by atoms with van der Waals surface area (Å²) >= 11 is 1.77. The quantitative estimate of drug-likeness (QED) is 0.680. The van der Waals surface area contributed by atoms with E-state index >= 15 is 0 Å². The van der Waals surface area contributed by atoms with Gasteiger partial charge in [-0.25, -0.2) is 0 Å². The molecule has 1 aliphatic carbocycles. The van der Waals surface area contributed by atoms with E-state index in [0.29, 0.717) is 0 Å². The van der Waals surface area contributed by atoms with E-state index < -0.39 is 0 Å². The third-order valence-electron chi connectivity index (χ3n) is 3.99. The molecule has 0 bridgehead atoms. The SMILES string of the molecule is Cc1cccc(SCC2COC3(CCCC3)O2)c1N. The van der Waals surface area contributed by atoms with Crippen molar-refractivity contribution in [2.75, 3.05) is 18.1 Å². The minimum absolute atomic E-state index is 0.197. The average Bonchev–Trinajstić information content (AvgIpc) is 3.02. The van der Waals surface area contributed by atoms with E-state index in [2.05, 4.69) is 12.1 Å². The maximum Gasteiger partial charge on any atom is 0.168 e. The van der Waals surface area contributed by atoms with Crippen molar-refractivity contribution >= 4 is 17.4 Å². The number of para-hydroxylation sites is 1. The van der Waals surface area contributed by atoms with Crippen LogP contribution in [0, 0.1) is 6.92 Å². The molecule has 3 nitrogen and oxygen atoms in total. The van der Waals surface area contributed by atoms with Gasteiger partial charge in [0.1, 0.15) is 0 Å². The van der Waals surface area contributed by atoms with Gasteiger partial charge >= 0.3 is 0 Å². The van der Waals surface area contributed by atoms with Crippen LogP contribution < -0.4 is 5.73 Å². The van der Waals surface area contributed by atoms with Crippen LogP contribution in [0.1, 0.15) is 31.2 Å². The van der Waals surface area contributed by atoms with Crippen LogP contribution in [-0.2, 0) is 9.47 Å². The number of hydrogen-bond acceptors (Lipinski definition) is 4. The highest BCUT2D eigenvalue weighted by molar-refractivity contribution is 7.99. The largest absolute Gasteiger partial charge is 0.398 e. The van der Waals surface area contributed by atoms with Gasteiger partial charge in [0.25, 0.3) is 0 Å². The lowest BCUT2D eigenvalue weighted by Gasteiger charge is -2.21. The van der Waals surface area contributed by atoms with Gasteiger partial charge in [-0.15, -0.1) is 11.8 Å². The van der Waals surface area contributed by atoms with Crippen molar-refractivity contribution in [3.8, 4) is 0 Å². The van der Waals surface area contributed by atoms with Crippen molar-refractivity contribution in [3.05, 3.63) is 23.8 Å². The van der Waals surface area contributed by atoms with E-state index in [-0.39, 0.29) is 11.9 Å². The van der Waals surface area contributed by atoms with E-state index in [9.17, 15) is 0 Å². The minimum atomic E-state index is -0.247.